The topological polar surface area (TPSA) is 99.6 Å². The summed E-state index contributed by atoms with van der Waals surface area (Å²) in [5.41, 5.74) is 4.97. The number of nitrogens with zero attached hydrogens (tertiary/aromatic N) is 2. The highest BCUT2D eigenvalue weighted by molar-refractivity contribution is 9.10. The van der Waals surface area contributed by atoms with Gasteiger partial charge in [0, 0.05) is 6.20 Å². The summed E-state index contributed by atoms with van der Waals surface area (Å²) in [6.07, 6.45) is 0.466. The number of rotatable bonds is 2. The van der Waals surface area contributed by atoms with Crippen molar-refractivity contribution < 1.29 is 14.6 Å². The van der Waals surface area contributed by atoms with Gasteiger partial charge >= 0.3 is 5.69 Å². The number of aliphatic hydroxyl groups is 1. The molecule has 8 heteroatoms. The summed E-state index contributed by atoms with van der Waals surface area (Å²) in [6.45, 7) is 0.384. The Morgan fingerprint density at radius 1 is 1.65 bits per heavy atom. The zero-order chi connectivity index (χ0) is 12.4. The average molecular weight is 306 g/mol. The molecule has 1 aliphatic heterocycles. The van der Waals surface area contributed by atoms with Gasteiger partial charge in [0.2, 0.25) is 0 Å². The van der Waals surface area contributed by atoms with Gasteiger partial charge in [-0.05, 0) is 15.9 Å². The first-order valence-electron chi connectivity index (χ1n) is 5.00. The molecule has 0 spiro atoms. The summed E-state index contributed by atoms with van der Waals surface area (Å²) in [5, 5.41) is 8.99. The Bertz CT molecular complexity index is 464. The van der Waals surface area contributed by atoms with Crippen LogP contribution in [0.15, 0.2) is 15.5 Å². The fraction of sp³-hybridized carbons (Fsp3) is 0.556. The van der Waals surface area contributed by atoms with Crippen LogP contribution in [0.5, 0.6) is 0 Å². The Hall–Kier alpha value is -0.960. The highest BCUT2D eigenvalue weighted by Crippen LogP contribution is 2.19. The summed E-state index contributed by atoms with van der Waals surface area (Å²) < 4.78 is 12.5. The lowest BCUT2D eigenvalue weighted by atomic mass is 10.3. The van der Waals surface area contributed by atoms with E-state index in [9.17, 15) is 4.79 Å². The normalized spacial score (nSPS) is 24.8. The van der Waals surface area contributed by atoms with Crippen LogP contribution in [0.1, 0.15) is 6.23 Å². The lowest BCUT2D eigenvalue weighted by molar-refractivity contribution is -0.180. The predicted molar refractivity (Wildman–Crippen MR) is 62.4 cm³/mol. The molecule has 0 aliphatic carbocycles. The minimum absolute atomic E-state index is 0.127. The second-order valence-corrected chi connectivity index (χ2v) is 4.45. The number of halogens is 1. The van der Waals surface area contributed by atoms with Crippen molar-refractivity contribution in [3.05, 3.63) is 21.2 Å². The molecule has 1 saturated heterocycles. The molecule has 0 amide bonds. The fourth-order valence-corrected chi connectivity index (χ4v) is 1.82. The van der Waals surface area contributed by atoms with Crippen LogP contribution in [-0.4, -0.2) is 40.6 Å². The molecule has 1 fully saturated rings. The Morgan fingerprint density at radius 2 is 2.41 bits per heavy atom. The standard InChI is InChI=1S/C9H12BrN3O4/c10-6-1-13(9(15)12-8(6)11)7-4-16-3-5(2-14)17-7/h1,5,7,14H,2-4H2,(H2,11,12,15). The SMILES string of the molecule is Nc1nc(=O)n(C2COCC(CO)O2)cc1Br. The van der Waals surface area contributed by atoms with Gasteiger partial charge in [-0.15, -0.1) is 0 Å². The van der Waals surface area contributed by atoms with Crippen LogP contribution >= 0.6 is 15.9 Å². The first-order chi connectivity index (χ1) is 8.11. The molecule has 17 heavy (non-hydrogen) atoms. The molecule has 1 aliphatic rings. The maximum atomic E-state index is 11.6. The van der Waals surface area contributed by atoms with Crippen molar-refractivity contribution in [3.63, 3.8) is 0 Å². The third-order valence-corrected chi connectivity index (χ3v) is 2.97. The Balaban J connectivity index is 2.27. The van der Waals surface area contributed by atoms with E-state index in [0.717, 1.165) is 0 Å². The van der Waals surface area contributed by atoms with Crippen LogP contribution in [0.2, 0.25) is 0 Å². The quantitative estimate of drug-likeness (QED) is 0.764. The first kappa shape index (κ1) is 12.5. The van der Waals surface area contributed by atoms with Crippen LogP contribution < -0.4 is 11.4 Å². The van der Waals surface area contributed by atoms with Crippen LogP contribution in [0.4, 0.5) is 5.82 Å². The van der Waals surface area contributed by atoms with Gasteiger partial charge in [0.15, 0.2) is 6.23 Å². The smallest absolute Gasteiger partial charge is 0.351 e. The van der Waals surface area contributed by atoms with Crippen LogP contribution in [0.25, 0.3) is 0 Å². The van der Waals surface area contributed by atoms with Crippen molar-refractivity contribution in [1.29, 1.82) is 0 Å². The van der Waals surface area contributed by atoms with E-state index in [1.165, 1.54) is 10.8 Å². The summed E-state index contributed by atoms with van der Waals surface area (Å²) >= 11 is 3.19. The van der Waals surface area contributed by atoms with Crippen LogP contribution in [0.3, 0.4) is 0 Å². The molecule has 94 valence electrons. The average Bonchev–Trinajstić information content (AvgIpc) is 2.34. The lowest BCUT2D eigenvalue weighted by Gasteiger charge is -2.29. The number of hydrogen-bond donors (Lipinski definition) is 2. The Labute approximate surface area is 105 Å². The molecule has 0 saturated carbocycles. The largest absolute Gasteiger partial charge is 0.394 e. The molecule has 2 unspecified atom stereocenters. The van der Waals surface area contributed by atoms with E-state index >= 15 is 0 Å². The first-order valence-corrected chi connectivity index (χ1v) is 5.79. The van der Waals surface area contributed by atoms with E-state index < -0.39 is 18.0 Å². The van der Waals surface area contributed by atoms with Gasteiger partial charge < -0.3 is 20.3 Å². The number of hydrogen-bond acceptors (Lipinski definition) is 6. The Morgan fingerprint density at radius 3 is 3.12 bits per heavy atom. The molecule has 2 rings (SSSR count). The number of aromatic nitrogens is 2. The van der Waals surface area contributed by atoms with Crippen molar-refractivity contribution in [2.24, 2.45) is 0 Å². The highest BCUT2D eigenvalue weighted by Gasteiger charge is 2.25. The van der Waals surface area contributed by atoms with Gasteiger partial charge in [-0.25, -0.2) is 4.79 Å². The molecule has 1 aromatic heterocycles. The minimum atomic E-state index is -0.599. The van der Waals surface area contributed by atoms with Crippen molar-refractivity contribution >= 4 is 21.7 Å². The molecule has 2 heterocycles. The van der Waals surface area contributed by atoms with Crippen molar-refractivity contribution in [2.75, 3.05) is 25.6 Å². The van der Waals surface area contributed by atoms with E-state index in [1.54, 1.807) is 0 Å². The number of ether oxygens (including phenoxy) is 2. The molecule has 1 aromatic rings. The Kier molecular flexibility index (Phi) is 3.77. The summed E-state index contributed by atoms with van der Waals surface area (Å²) in [4.78, 5) is 15.3. The van der Waals surface area contributed by atoms with Gasteiger partial charge in [-0.1, -0.05) is 0 Å². The van der Waals surface area contributed by atoms with Crippen molar-refractivity contribution in [3.8, 4) is 0 Å². The lowest BCUT2D eigenvalue weighted by Crippen LogP contribution is -2.40. The predicted octanol–water partition coefficient (Wildman–Crippen LogP) is -0.506. The van der Waals surface area contributed by atoms with Crippen LogP contribution in [-0.2, 0) is 9.47 Å². The van der Waals surface area contributed by atoms with E-state index in [-0.39, 0.29) is 19.0 Å². The second kappa shape index (κ2) is 5.13. The summed E-state index contributed by atoms with van der Waals surface area (Å²) in [7, 11) is 0. The van der Waals surface area contributed by atoms with Crippen LogP contribution in [0, 0.1) is 0 Å². The molecular formula is C9H12BrN3O4. The van der Waals surface area contributed by atoms with E-state index in [2.05, 4.69) is 20.9 Å². The van der Waals surface area contributed by atoms with E-state index in [1.807, 2.05) is 0 Å². The zero-order valence-corrected chi connectivity index (χ0v) is 10.5. The monoisotopic (exact) mass is 305 g/mol. The maximum Gasteiger partial charge on any atom is 0.351 e. The number of nitrogen functional groups attached to an aromatic ring is 1. The number of nitrogens with two attached hydrogens (primary N) is 1. The third-order valence-electron chi connectivity index (χ3n) is 2.36. The number of aliphatic hydroxyl groups excluding tert-OH is 1. The van der Waals surface area contributed by atoms with E-state index in [4.69, 9.17) is 20.3 Å². The minimum Gasteiger partial charge on any atom is -0.394 e. The molecule has 0 bridgehead atoms. The highest BCUT2D eigenvalue weighted by atomic mass is 79.9. The van der Waals surface area contributed by atoms with Gasteiger partial charge in [0.05, 0.1) is 24.3 Å². The number of anilines is 1. The van der Waals surface area contributed by atoms with Gasteiger partial charge in [-0.3, -0.25) is 4.57 Å². The second-order valence-electron chi connectivity index (χ2n) is 3.60. The molecule has 2 atom stereocenters. The van der Waals surface area contributed by atoms with Gasteiger partial charge in [0.1, 0.15) is 11.9 Å². The molecule has 3 N–H and O–H groups in total. The summed E-state index contributed by atoms with van der Waals surface area (Å²) in [6, 6.07) is 0. The van der Waals surface area contributed by atoms with Crippen molar-refractivity contribution in [1.82, 2.24) is 9.55 Å². The molecule has 0 radical (unpaired) electrons. The molecule has 7 nitrogen and oxygen atoms in total. The maximum absolute atomic E-state index is 11.6. The van der Waals surface area contributed by atoms with Gasteiger partial charge in [0.25, 0.3) is 0 Å². The van der Waals surface area contributed by atoms with Gasteiger partial charge in [-0.2, -0.15) is 4.98 Å². The zero-order valence-electron chi connectivity index (χ0n) is 8.88. The molecular weight excluding hydrogens is 294 g/mol. The van der Waals surface area contributed by atoms with Crippen molar-refractivity contribution in [2.45, 2.75) is 12.3 Å². The summed E-state index contributed by atoms with van der Waals surface area (Å²) in [5.74, 6) is 0.127. The molecule has 0 aromatic carbocycles. The van der Waals surface area contributed by atoms with E-state index in [0.29, 0.717) is 11.1 Å². The fourth-order valence-electron chi connectivity index (χ4n) is 1.51. The third kappa shape index (κ3) is 2.65.